The lowest BCUT2D eigenvalue weighted by atomic mass is 9.93. The van der Waals surface area contributed by atoms with Crippen LogP contribution in [0, 0.1) is 11.7 Å². The molecule has 24 heavy (non-hydrogen) atoms. The van der Waals surface area contributed by atoms with Crippen molar-refractivity contribution in [1.82, 2.24) is 4.90 Å². The summed E-state index contributed by atoms with van der Waals surface area (Å²) in [6.07, 6.45) is 2.46. The molecule has 0 aliphatic carbocycles. The summed E-state index contributed by atoms with van der Waals surface area (Å²) >= 11 is 0. The molecule has 0 radical (unpaired) electrons. The largest absolute Gasteiger partial charge is 0.447 e. The van der Waals surface area contributed by atoms with Crippen molar-refractivity contribution in [2.75, 3.05) is 18.4 Å². The standard InChI is InChI=1S/C18H25FN2O3/c1-13(2)24-18(23)21-11-5-6-14(12-21)9-10-17(22)20-16-8-4-3-7-15(16)19/h3-4,7-8,13-14H,5-6,9-12H2,1-2H3,(H,20,22). The van der Waals surface area contributed by atoms with Crippen LogP contribution in [-0.4, -0.2) is 36.1 Å². The Hall–Kier alpha value is -2.11. The molecular weight excluding hydrogens is 311 g/mol. The number of ether oxygens (including phenoxy) is 1. The van der Waals surface area contributed by atoms with Gasteiger partial charge in [0.15, 0.2) is 0 Å². The number of piperidine rings is 1. The smallest absolute Gasteiger partial charge is 0.410 e. The first-order chi connectivity index (χ1) is 11.5. The number of carbonyl (C=O) groups excluding carboxylic acids is 2. The van der Waals surface area contributed by atoms with Crippen molar-refractivity contribution in [3.05, 3.63) is 30.1 Å². The van der Waals surface area contributed by atoms with Crippen LogP contribution in [0.1, 0.15) is 39.5 Å². The topological polar surface area (TPSA) is 58.6 Å². The zero-order chi connectivity index (χ0) is 17.5. The third-order valence-electron chi connectivity index (χ3n) is 4.04. The summed E-state index contributed by atoms with van der Waals surface area (Å²) in [4.78, 5) is 25.7. The minimum atomic E-state index is -0.439. The van der Waals surface area contributed by atoms with Gasteiger partial charge in [0.2, 0.25) is 5.91 Å². The second kappa shape index (κ2) is 8.66. The lowest BCUT2D eigenvalue weighted by Gasteiger charge is -2.32. The Kier molecular flexibility index (Phi) is 6.58. The molecule has 132 valence electrons. The fourth-order valence-corrected chi connectivity index (χ4v) is 2.85. The normalized spacial score (nSPS) is 17.7. The second-order valence-electron chi connectivity index (χ2n) is 6.45. The molecule has 2 amide bonds. The van der Waals surface area contributed by atoms with Gasteiger partial charge in [-0.1, -0.05) is 12.1 Å². The molecule has 0 saturated carbocycles. The molecule has 1 heterocycles. The molecule has 0 aromatic heterocycles. The van der Waals surface area contributed by atoms with E-state index in [0.29, 0.717) is 25.9 Å². The number of amides is 2. The fourth-order valence-electron chi connectivity index (χ4n) is 2.85. The monoisotopic (exact) mass is 336 g/mol. The summed E-state index contributed by atoms with van der Waals surface area (Å²) < 4.78 is 18.7. The summed E-state index contributed by atoms with van der Waals surface area (Å²) in [6.45, 7) is 4.96. The highest BCUT2D eigenvalue weighted by Gasteiger charge is 2.25. The highest BCUT2D eigenvalue weighted by molar-refractivity contribution is 5.90. The predicted molar refractivity (Wildman–Crippen MR) is 90.2 cm³/mol. The molecule has 1 aromatic carbocycles. The van der Waals surface area contributed by atoms with Crippen LogP contribution in [0.3, 0.4) is 0 Å². The Morgan fingerprint density at radius 3 is 2.83 bits per heavy atom. The number of hydrogen-bond donors (Lipinski definition) is 1. The first-order valence-corrected chi connectivity index (χ1v) is 8.45. The van der Waals surface area contributed by atoms with Crippen LogP contribution in [0.15, 0.2) is 24.3 Å². The number of hydrogen-bond acceptors (Lipinski definition) is 3. The Labute approximate surface area is 142 Å². The Balaban J connectivity index is 1.78. The number of benzene rings is 1. The van der Waals surface area contributed by atoms with Crippen molar-refractivity contribution < 1.29 is 18.7 Å². The van der Waals surface area contributed by atoms with Gasteiger partial charge in [0.25, 0.3) is 0 Å². The van der Waals surface area contributed by atoms with Crippen molar-refractivity contribution in [2.45, 2.75) is 45.6 Å². The molecular formula is C18H25FN2O3. The minimum Gasteiger partial charge on any atom is -0.447 e. The number of carbonyl (C=O) groups is 2. The van der Waals surface area contributed by atoms with Gasteiger partial charge >= 0.3 is 6.09 Å². The maximum absolute atomic E-state index is 13.5. The number of rotatable bonds is 5. The second-order valence-corrected chi connectivity index (χ2v) is 6.45. The minimum absolute atomic E-state index is 0.135. The van der Waals surface area contributed by atoms with E-state index in [4.69, 9.17) is 4.74 Å². The van der Waals surface area contributed by atoms with Gasteiger partial charge in [0.1, 0.15) is 5.82 Å². The van der Waals surface area contributed by atoms with E-state index in [2.05, 4.69) is 5.32 Å². The maximum Gasteiger partial charge on any atom is 0.410 e. The number of nitrogens with one attached hydrogen (secondary N) is 1. The van der Waals surface area contributed by atoms with E-state index in [0.717, 1.165) is 12.8 Å². The molecule has 0 spiro atoms. The molecule has 1 N–H and O–H groups in total. The van der Waals surface area contributed by atoms with Crippen LogP contribution in [-0.2, 0) is 9.53 Å². The summed E-state index contributed by atoms with van der Waals surface area (Å²) in [5.41, 5.74) is 0.202. The molecule has 6 heteroatoms. The van der Waals surface area contributed by atoms with Gasteiger partial charge < -0.3 is 15.0 Å². The third kappa shape index (κ3) is 5.51. The van der Waals surface area contributed by atoms with Gasteiger partial charge in [-0.3, -0.25) is 4.79 Å². The van der Waals surface area contributed by atoms with E-state index in [9.17, 15) is 14.0 Å². The Morgan fingerprint density at radius 1 is 1.38 bits per heavy atom. The van der Waals surface area contributed by atoms with Crippen LogP contribution in [0.25, 0.3) is 0 Å². The van der Waals surface area contributed by atoms with E-state index in [1.165, 1.54) is 12.1 Å². The molecule has 1 aliphatic rings. The summed E-state index contributed by atoms with van der Waals surface area (Å²) in [6, 6.07) is 6.11. The molecule has 5 nitrogen and oxygen atoms in total. The Bertz CT molecular complexity index is 577. The van der Waals surface area contributed by atoms with Crippen LogP contribution < -0.4 is 5.32 Å². The molecule has 0 bridgehead atoms. The van der Waals surface area contributed by atoms with Gasteiger partial charge in [-0.25, -0.2) is 9.18 Å². The highest BCUT2D eigenvalue weighted by atomic mass is 19.1. The number of para-hydroxylation sites is 1. The van der Waals surface area contributed by atoms with Crippen molar-refractivity contribution in [3.8, 4) is 0 Å². The number of halogens is 1. The van der Waals surface area contributed by atoms with Gasteiger partial charge in [0.05, 0.1) is 11.8 Å². The fraction of sp³-hybridized carbons (Fsp3) is 0.556. The van der Waals surface area contributed by atoms with Crippen LogP contribution in [0.2, 0.25) is 0 Å². The van der Waals surface area contributed by atoms with Crippen molar-refractivity contribution in [1.29, 1.82) is 0 Å². The van der Waals surface area contributed by atoms with E-state index < -0.39 is 5.82 Å². The SMILES string of the molecule is CC(C)OC(=O)N1CCCC(CCC(=O)Nc2ccccc2F)C1. The van der Waals surface area contributed by atoms with Crippen molar-refractivity contribution in [3.63, 3.8) is 0 Å². The number of likely N-dealkylation sites (tertiary alicyclic amines) is 1. The molecule has 1 atom stereocenters. The number of nitrogens with zero attached hydrogens (tertiary/aromatic N) is 1. The Morgan fingerprint density at radius 2 is 2.12 bits per heavy atom. The van der Waals surface area contributed by atoms with Crippen LogP contribution in [0.5, 0.6) is 0 Å². The lowest BCUT2D eigenvalue weighted by molar-refractivity contribution is -0.116. The lowest BCUT2D eigenvalue weighted by Crippen LogP contribution is -2.41. The molecule has 1 aromatic rings. The first-order valence-electron chi connectivity index (χ1n) is 8.45. The van der Waals surface area contributed by atoms with Crippen molar-refractivity contribution >= 4 is 17.7 Å². The zero-order valence-electron chi connectivity index (χ0n) is 14.3. The molecule has 1 fully saturated rings. The van der Waals surface area contributed by atoms with Gasteiger partial charge in [0, 0.05) is 19.5 Å². The number of anilines is 1. The van der Waals surface area contributed by atoms with Gasteiger partial charge in [-0.05, 0) is 51.2 Å². The molecule has 2 rings (SSSR count). The van der Waals surface area contributed by atoms with Gasteiger partial charge in [-0.15, -0.1) is 0 Å². The van der Waals surface area contributed by atoms with Crippen LogP contribution in [0.4, 0.5) is 14.9 Å². The average Bonchev–Trinajstić information content (AvgIpc) is 2.55. The zero-order valence-corrected chi connectivity index (χ0v) is 14.3. The average molecular weight is 336 g/mol. The first kappa shape index (κ1) is 18.2. The third-order valence-corrected chi connectivity index (χ3v) is 4.04. The van der Waals surface area contributed by atoms with E-state index >= 15 is 0 Å². The van der Waals surface area contributed by atoms with Crippen LogP contribution >= 0.6 is 0 Å². The van der Waals surface area contributed by atoms with E-state index in [1.807, 2.05) is 13.8 Å². The van der Waals surface area contributed by atoms with E-state index in [1.54, 1.807) is 17.0 Å². The summed E-state index contributed by atoms with van der Waals surface area (Å²) in [5.74, 6) is -0.377. The molecule has 1 aliphatic heterocycles. The summed E-state index contributed by atoms with van der Waals surface area (Å²) in [7, 11) is 0. The molecule has 1 unspecified atom stereocenters. The molecule has 1 saturated heterocycles. The predicted octanol–water partition coefficient (Wildman–Crippen LogP) is 3.80. The van der Waals surface area contributed by atoms with E-state index in [-0.39, 0.29) is 29.7 Å². The highest BCUT2D eigenvalue weighted by Crippen LogP contribution is 2.22. The quantitative estimate of drug-likeness (QED) is 0.890. The summed E-state index contributed by atoms with van der Waals surface area (Å²) in [5, 5.41) is 2.59. The van der Waals surface area contributed by atoms with Gasteiger partial charge in [-0.2, -0.15) is 0 Å². The van der Waals surface area contributed by atoms with Crippen molar-refractivity contribution in [2.24, 2.45) is 5.92 Å². The maximum atomic E-state index is 13.5.